The average Bonchev–Trinajstić information content (AvgIpc) is 2.79. The number of benzene rings is 2. The number of nitrogens with one attached hydrogen (secondary N) is 2. The smallest absolute Gasteiger partial charge is 0.254 e. The van der Waals surface area contributed by atoms with E-state index in [1.54, 1.807) is 18.5 Å². The van der Waals surface area contributed by atoms with Crippen LogP contribution < -0.4 is 14.8 Å². The summed E-state index contributed by atoms with van der Waals surface area (Å²) >= 11 is 6.11. The summed E-state index contributed by atoms with van der Waals surface area (Å²) in [6, 6.07) is 16.7. The number of anilines is 3. The number of ether oxygens (including phenoxy) is 1. The van der Waals surface area contributed by atoms with Crippen molar-refractivity contribution in [1.29, 1.82) is 0 Å². The van der Waals surface area contributed by atoms with Crippen LogP contribution in [0.25, 0.3) is 22.0 Å². The van der Waals surface area contributed by atoms with E-state index in [9.17, 15) is 8.42 Å². The molecule has 0 saturated heterocycles. The van der Waals surface area contributed by atoms with Crippen molar-refractivity contribution in [3.05, 3.63) is 84.0 Å². The number of pyridine rings is 2. The molecular formula is C23H19ClN4O3S. The van der Waals surface area contributed by atoms with E-state index in [0.717, 1.165) is 33.2 Å². The Balaban J connectivity index is 1.77. The first-order valence-electron chi connectivity index (χ1n) is 9.49. The Labute approximate surface area is 190 Å². The summed E-state index contributed by atoms with van der Waals surface area (Å²) in [5, 5.41) is 5.72. The Hall–Kier alpha value is -3.62. The highest BCUT2D eigenvalue weighted by Crippen LogP contribution is 2.33. The van der Waals surface area contributed by atoms with Crippen molar-refractivity contribution in [2.75, 3.05) is 17.1 Å². The molecule has 0 aliphatic carbocycles. The first-order valence-corrected chi connectivity index (χ1v) is 11.4. The number of aromatic nitrogens is 2. The second-order valence-corrected chi connectivity index (χ2v) is 8.88. The number of halogens is 1. The van der Waals surface area contributed by atoms with E-state index in [2.05, 4.69) is 26.6 Å². The van der Waals surface area contributed by atoms with Crippen LogP contribution in [0.1, 0.15) is 0 Å². The van der Waals surface area contributed by atoms with Gasteiger partial charge in [-0.25, -0.2) is 13.4 Å². The fourth-order valence-corrected chi connectivity index (χ4v) is 3.92. The molecule has 0 bridgehead atoms. The van der Waals surface area contributed by atoms with Gasteiger partial charge in [0.15, 0.2) is 0 Å². The van der Waals surface area contributed by atoms with Gasteiger partial charge in [0.2, 0.25) is 5.88 Å². The SMILES string of the molecule is C=CS(=O)(=O)Nc1cc(-c2ccc3nccc(Nc4cccc(Cl)c4)c3c2)cnc1OC. The predicted molar refractivity (Wildman–Crippen MR) is 129 cm³/mol. The van der Waals surface area contributed by atoms with Crippen LogP contribution in [0.3, 0.4) is 0 Å². The molecule has 0 radical (unpaired) electrons. The lowest BCUT2D eigenvalue weighted by Gasteiger charge is -2.13. The Morgan fingerprint density at radius 1 is 1.03 bits per heavy atom. The summed E-state index contributed by atoms with van der Waals surface area (Å²) < 4.78 is 31.5. The molecule has 4 aromatic rings. The normalized spacial score (nSPS) is 11.2. The highest BCUT2D eigenvalue weighted by molar-refractivity contribution is 7.95. The molecule has 4 rings (SSSR count). The van der Waals surface area contributed by atoms with Crippen LogP contribution in [0.15, 0.2) is 79.0 Å². The third-order valence-corrected chi connectivity index (χ3v) is 5.87. The van der Waals surface area contributed by atoms with Crippen LogP contribution in [-0.2, 0) is 10.0 Å². The molecule has 7 nitrogen and oxygen atoms in total. The molecule has 2 heterocycles. The third kappa shape index (κ3) is 4.66. The van der Waals surface area contributed by atoms with Crippen molar-refractivity contribution in [1.82, 2.24) is 9.97 Å². The number of hydrogen-bond donors (Lipinski definition) is 2. The summed E-state index contributed by atoms with van der Waals surface area (Å²) in [7, 11) is -2.30. The van der Waals surface area contributed by atoms with Crippen LogP contribution in [0.5, 0.6) is 5.88 Å². The molecule has 0 fully saturated rings. The van der Waals surface area contributed by atoms with E-state index < -0.39 is 10.0 Å². The summed E-state index contributed by atoms with van der Waals surface area (Å²) in [6.45, 7) is 3.31. The van der Waals surface area contributed by atoms with E-state index in [1.165, 1.54) is 7.11 Å². The van der Waals surface area contributed by atoms with Crippen LogP contribution >= 0.6 is 11.6 Å². The van der Waals surface area contributed by atoms with Gasteiger partial charge in [0.1, 0.15) is 5.69 Å². The molecule has 2 aromatic heterocycles. The Morgan fingerprint density at radius 3 is 2.62 bits per heavy atom. The molecule has 0 aliphatic rings. The van der Waals surface area contributed by atoms with Gasteiger partial charge in [-0.1, -0.05) is 30.3 Å². The minimum Gasteiger partial charge on any atom is -0.480 e. The topological polar surface area (TPSA) is 93.2 Å². The molecular weight excluding hydrogens is 448 g/mol. The van der Waals surface area contributed by atoms with Gasteiger partial charge in [-0.3, -0.25) is 9.71 Å². The van der Waals surface area contributed by atoms with Crippen molar-refractivity contribution in [2.45, 2.75) is 0 Å². The fourth-order valence-electron chi connectivity index (χ4n) is 3.20. The van der Waals surface area contributed by atoms with Gasteiger partial charge >= 0.3 is 0 Å². The molecule has 0 amide bonds. The standard InChI is InChI=1S/C23H19ClN4O3S/c1-3-32(29,30)28-22-12-16(14-26-23(22)31-2)15-7-8-20-19(11-15)21(9-10-25-20)27-18-6-4-5-17(24)13-18/h3-14,28H,1H2,2H3,(H,25,27). The molecule has 0 spiro atoms. The van der Waals surface area contributed by atoms with Gasteiger partial charge in [-0.15, -0.1) is 0 Å². The van der Waals surface area contributed by atoms with Crippen molar-refractivity contribution in [2.24, 2.45) is 0 Å². The molecule has 9 heteroatoms. The first kappa shape index (κ1) is 21.6. The monoisotopic (exact) mass is 466 g/mol. The summed E-state index contributed by atoms with van der Waals surface area (Å²) in [6.07, 6.45) is 3.35. The quantitative estimate of drug-likeness (QED) is 0.369. The Bertz CT molecular complexity index is 1420. The fraction of sp³-hybridized carbons (Fsp3) is 0.0435. The summed E-state index contributed by atoms with van der Waals surface area (Å²) in [5.41, 5.74) is 4.25. The lowest BCUT2D eigenvalue weighted by atomic mass is 10.0. The molecule has 0 saturated carbocycles. The zero-order valence-corrected chi connectivity index (χ0v) is 18.6. The molecule has 0 unspecified atom stereocenters. The zero-order chi connectivity index (χ0) is 22.7. The molecule has 32 heavy (non-hydrogen) atoms. The van der Waals surface area contributed by atoms with Crippen LogP contribution in [-0.4, -0.2) is 25.5 Å². The second kappa shape index (κ2) is 8.86. The van der Waals surface area contributed by atoms with E-state index in [4.69, 9.17) is 16.3 Å². The molecule has 2 aromatic carbocycles. The highest BCUT2D eigenvalue weighted by Gasteiger charge is 2.14. The van der Waals surface area contributed by atoms with Crippen molar-refractivity contribution >= 4 is 49.6 Å². The van der Waals surface area contributed by atoms with Gasteiger partial charge in [-0.05, 0) is 48.0 Å². The lowest BCUT2D eigenvalue weighted by molar-refractivity contribution is 0.400. The highest BCUT2D eigenvalue weighted by atomic mass is 35.5. The van der Waals surface area contributed by atoms with Gasteiger partial charge in [0, 0.05) is 45.1 Å². The van der Waals surface area contributed by atoms with Gasteiger partial charge < -0.3 is 10.1 Å². The predicted octanol–water partition coefficient (Wildman–Crippen LogP) is 5.59. The van der Waals surface area contributed by atoms with E-state index in [-0.39, 0.29) is 11.6 Å². The Morgan fingerprint density at radius 2 is 1.88 bits per heavy atom. The minimum absolute atomic E-state index is 0.157. The average molecular weight is 467 g/mol. The molecule has 0 aliphatic heterocycles. The molecule has 162 valence electrons. The lowest BCUT2D eigenvalue weighted by Crippen LogP contribution is -2.10. The maximum atomic E-state index is 12.0. The summed E-state index contributed by atoms with van der Waals surface area (Å²) in [4.78, 5) is 8.68. The number of hydrogen-bond acceptors (Lipinski definition) is 6. The third-order valence-electron chi connectivity index (χ3n) is 4.69. The van der Waals surface area contributed by atoms with Crippen molar-refractivity contribution < 1.29 is 13.2 Å². The Kier molecular flexibility index (Phi) is 5.98. The zero-order valence-electron chi connectivity index (χ0n) is 17.0. The summed E-state index contributed by atoms with van der Waals surface area (Å²) in [5.74, 6) is 0.157. The first-order chi connectivity index (χ1) is 15.4. The van der Waals surface area contributed by atoms with Crippen molar-refractivity contribution in [3.8, 4) is 17.0 Å². The minimum atomic E-state index is -3.72. The van der Waals surface area contributed by atoms with Gasteiger partial charge in [0.25, 0.3) is 10.0 Å². The number of methoxy groups -OCH3 is 1. The van der Waals surface area contributed by atoms with E-state index in [0.29, 0.717) is 10.6 Å². The number of nitrogens with zero attached hydrogens (tertiary/aromatic N) is 2. The van der Waals surface area contributed by atoms with Gasteiger partial charge in [0.05, 0.1) is 12.6 Å². The van der Waals surface area contributed by atoms with Crippen LogP contribution in [0.4, 0.5) is 17.1 Å². The maximum Gasteiger partial charge on any atom is 0.254 e. The van der Waals surface area contributed by atoms with E-state index in [1.807, 2.05) is 48.5 Å². The largest absolute Gasteiger partial charge is 0.480 e. The van der Waals surface area contributed by atoms with Gasteiger partial charge in [-0.2, -0.15) is 0 Å². The second-order valence-electron chi connectivity index (χ2n) is 6.82. The number of rotatable bonds is 7. The molecule has 2 N–H and O–H groups in total. The van der Waals surface area contributed by atoms with Crippen molar-refractivity contribution in [3.63, 3.8) is 0 Å². The number of sulfonamides is 1. The van der Waals surface area contributed by atoms with Crippen LogP contribution in [0.2, 0.25) is 5.02 Å². The number of fused-ring (bicyclic) bond motifs is 1. The maximum absolute atomic E-state index is 12.0. The molecule has 0 atom stereocenters. The van der Waals surface area contributed by atoms with Crippen LogP contribution in [0, 0.1) is 0 Å². The van der Waals surface area contributed by atoms with E-state index >= 15 is 0 Å².